The number of aryl methyl sites for hydroxylation is 1. The van der Waals surface area contributed by atoms with Crippen molar-refractivity contribution in [3.63, 3.8) is 0 Å². The first kappa shape index (κ1) is 8.96. The summed E-state index contributed by atoms with van der Waals surface area (Å²) in [6.07, 6.45) is 8.88. The smallest absolute Gasteiger partial charge is 0.0346 e. The van der Waals surface area contributed by atoms with Gasteiger partial charge in [-0.05, 0) is 42.9 Å². The van der Waals surface area contributed by atoms with Crippen molar-refractivity contribution in [3.8, 4) is 0 Å². The minimum atomic E-state index is 0.776. The predicted octanol–water partition coefficient (Wildman–Crippen LogP) is 2.46. The molecule has 15 heavy (non-hydrogen) atoms. The van der Waals surface area contributed by atoms with Crippen molar-refractivity contribution < 1.29 is 0 Å². The zero-order valence-electron chi connectivity index (χ0n) is 9.11. The summed E-state index contributed by atoms with van der Waals surface area (Å²) in [5.41, 5.74) is 4.22. The monoisotopic (exact) mass is 200 g/mol. The number of pyridine rings is 1. The fraction of sp³-hybridized carbons (Fsp3) is 0.462. The molecule has 1 fully saturated rings. The lowest BCUT2D eigenvalue weighted by molar-refractivity contribution is 0.252. The summed E-state index contributed by atoms with van der Waals surface area (Å²) in [6, 6.07) is 2.10. The normalized spacial score (nSPS) is 20.6. The minimum absolute atomic E-state index is 0.776. The van der Waals surface area contributed by atoms with Crippen LogP contribution in [0.5, 0.6) is 0 Å². The van der Waals surface area contributed by atoms with E-state index < -0.39 is 0 Å². The molecule has 2 nitrogen and oxygen atoms in total. The molecule has 0 unspecified atom stereocenters. The highest BCUT2D eigenvalue weighted by Crippen LogP contribution is 2.37. The number of hydrogen-bond acceptors (Lipinski definition) is 2. The SMILES string of the molecule is Cc1ccncc1C1=CN2CCC1CC2. The topological polar surface area (TPSA) is 16.1 Å². The van der Waals surface area contributed by atoms with Crippen LogP contribution >= 0.6 is 0 Å². The summed E-state index contributed by atoms with van der Waals surface area (Å²) in [5.74, 6) is 0.776. The Bertz CT molecular complexity index is 401. The quantitative estimate of drug-likeness (QED) is 0.692. The van der Waals surface area contributed by atoms with Gasteiger partial charge in [-0.15, -0.1) is 0 Å². The van der Waals surface area contributed by atoms with Crippen molar-refractivity contribution in [2.24, 2.45) is 5.92 Å². The third-order valence-corrected chi connectivity index (χ3v) is 3.64. The van der Waals surface area contributed by atoms with Crippen molar-refractivity contribution in [1.29, 1.82) is 0 Å². The van der Waals surface area contributed by atoms with Gasteiger partial charge in [0.25, 0.3) is 0 Å². The van der Waals surface area contributed by atoms with Gasteiger partial charge in [0.1, 0.15) is 0 Å². The van der Waals surface area contributed by atoms with Gasteiger partial charge < -0.3 is 4.90 Å². The van der Waals surface area contributed by atoms with Crippen molar-refractivity contribution >= 4 is 5.57 Å². The molecule has 1 aromatic heterocycles. The van der Waals surface area contributed by atoms with E-state index in [1.54, 1.807) is 0 Å². The number of allylic oxidation sites excluding steroid dienone is 1. The Morgan fingerprint density at radius 2 is 2.13 bits per heavy atom. The molecular weight excluding hydrogens is 184 g/mol. The Morgan fingerprint density at radius 1 is 1.33 bits per heavy atom. The maximum atomic E-state index is 4.24. The van der Waals surface area contributed by atoms with Crippen LogP contribution in [0.4, 0.5) is 0 Å². The number of hydrogen-bond donors (Lipinski definition) is 0. The van der Waals surface area contributed by atoms with E-state index in [-0.39, 0.29) is 0 Å². The maximum absolute atomic E-state index is 4.24. The molecule has 0 saturated carbocycles. The van der Waals surface area contributed by atoms with Gasteiger partial charge in [-0.25, -0.2) is 0 Å². The fourth-order valence-corrected chi connectivity index (χ4v) is 2.70. The molecule has 1 aromatic rings. The van der Waals surface area contributed by atoms with Crippen LogP contribution in [0.1, 0.15) is 24.0 Å². The summed E-state index contributed by atoms with van der Waals surface area (Å²) >= 11 is 0. The van der Waals surface area contributed by atoms with Crippen molar-refractivity contribution in [2.45, 2.75) is 19.8 Å². The van der Waals surface area contributed by atoms with Gasteiger partial charge in [0, 0.05) is 37.2 Å². The van der Waals surface area contributed by atoms with Gasteiger partial charge in [0.05, 0.1) is 0 Å². The van der Waals surface area contributed by atoms with Crippen LogP contribution in [-0.4, -0.2) is 23.0 Å². The van der Waals surface area contributed by atoms with E-state index in [9.17, 15) is 0 Å². The van der Waals surface area contributed by atoms with Gasteiger partial charge in [-0.3, -0.25) is 4.98 Å². The molecule has 1 saturated heterocycles. The molecule has 0 aliphatic carbocycles. The molecule has 0 amide bonds. The molecule has 2 heteroatoms. The largest absolute Gasteiger partial charge is 0.377 e. The highest BCUT2D eigenvalue weighted by molar-refractivity contribution is 5.70. The molecule has 3 aliphatic rings. The first-order valence-corrected chi connectivity index (χ1v) is 5.71. The van der Waals surface area contributed by atoms with E-state index in [1.165, 1.54) is 42.6 Å². The van der Waals surface area contributed by atoms with Gasteiger partial charge in [-0.2, -0.15) is 0 Å². The Balaban J connectivity index is 2.04. The van der Waals surface area contributed by atoms with Crippen LogP contribution < -0.4 is 0 Å². The minimum Gasteiger partial charge on any atom is -0.377 e. The first-order chi connectivity index (χ1) is 7.34. The molecule has 2 bridgehead atoms. The van der Waals surface area contributed by atoms with Crippen LogP contribution in [0.15, 0.2) is 24.7 Å². The molecule has 4 rings (SSSR count). The van der Waals surface area contributed by atoms with Gasteiger partial charge in [-0.1, -0.05) is 0 Å². The van der Waals surface area contributed by atoms with Gasteiger partial charge in [0.15, 0.2) is 0 Å². The molecule has 0 radical (unpaired) electrons. The second-order valence-electron chi connectivity index (χ2n) is 4.59. The number of rotatable bonds is 1. The molecular formula is C13H16N2. The summed E-state index contributed by atoms with van der Waals surface area (Å²) in [6.45, 7) is 4.66. The Hall–Kier alpha value is -1.31. The maximum Gasteiger partial charge on any atom is 0.0346 e. The average molecular weight is 200 g/mol. The number of nitrogens with zero attached hydrogens (tertiary/aromatic N) is 2. The lowest BCUT2D eigenvalue weighted by Crippen LogP contribution is -2.35. The molecule has 0 atom stereocenters. The van der Waals surface area contributed by atoms with E-state index in [4.69, 9.17) is 0 Å². The lowest BCUT2D eigenvalue weighted by Gasteiger charge is -2.39. The molecule has 3 aliphatic heterocycles. The van der Waals surface area contributed by atoms with Crippen molar-refractivity contribution in [1.82, 2.24) is 9.88 Å². The highest BCUT2D eigenvalue weighted by Gasteiger charge is 2.28. The first-order valence-electron chi connectivity index (χ1n) is 5.71. The zero-order valence-corrected chi connectivity index (χ0v) is 9.11. The van der Waals surface area contributed by atoms with Gasteiger partial charge in [0.2, 0.25) is 0 Å². The Labute approximate surface area is 90.6 Å². The summed E-state index contributed by atoms with van der Waals surface area (Å²) in [4.78, 5) is 6.69. The summed E-state index contributed by atoms with van der Waals surface area (Å²) in [7, 11) is 0. The standard InChI is InChI=1S/C13H16N2/c1-10-2-5-14-8-12(10)13-9-15-6-3-11(13)4-7-15/h2,5,8-9,11H,3-4,6-7H2,1H3. The number of aromatic nitrogens is 1. The molecule has 0 aromatic carbocycles. The number of fused-ring (bicyclic) bond motifs is 2. The van der Waals surface area contributed by atoms with E-state index in [1.807, 2.05) is 12.4 Å². The second-order valence-corrected chi connectivity index (χ2v) is 4.59. The lowest BCUT2D eigenvalue weighted by atomic mass is 9.82. The van der Waals surface area contributed by atoms with Crippen LogP contribution in [0.3, 0.4) is 0 Å². The van der Waals surface area contributed by atoms with E-state index in [0.29, 0.717) is 0 Å². The van der Waals surface area contributed by atoms with Crippen molar-refractivity contribution in [2.75, 3.05) is 13.1 Å². The zero-order chi connectivity index (χ0) is 10.3. The average Bonchev–Trinajstić information content (AvgIpc) is 2.31. The number of piperidine rings is 1. The summed E-state index contributed by atoms with van der Waals surface area (Å²) < 4.78 is 0. The highest BCUT2D eigenvalue weighted by atomic mass is 15.1. The molecule has 78 valence electrons. The third kappa shape index (κ3) is 1.44. The van der Waals surface area contributed by atoms with E-state index in [2.05, 4.69) is 29.1 Å². The van der Waals surface area contributed by atoms with Crippen molar-refractivity contribution in [3.05, 3.63) is 35.8 Å². The molecule has 0 N–H and O–H groups in total. The van der Waals surface area contributed by atoms with Crippen LogP contribution in [0.2, 0.25) is 0 Å². The second kappa shape index (κ2) is 3.37. The predicted molar refractivity (Wildman–Crippen MR) is 61.2 cm³/mol. The Kier molecular flexibility index (Phi) is 2.01. The van der Waals surface area contributed by atoms with Gasteiger partial charge >= 0.3 is 0 Å². The van der Waals surface area contributed by atoms with Crippen LogP contribution in [0, 0.1) is 12.8 Å². The third-order valence-electron chi connectivity index (χ3n) is 3.64. The Morgan fingerprint density at radius 3 is 2.73 bits per heavy atom. The summed E-state index contributed by atoms with van der Waals surface area (Å²) in [5, 5.41) is 0. The van der Waals surface area contributed by atoms with Crippen LogP contribution in [-0.2, 0) is 0 Å². The molecule has 4 heterocycles. The van der Waals surface area contributed by atoms with E-state index >= 15 is 0 Å². The molecule has 0 spiro atoms. The van der Waals surface area contributed by atoms with E-state index in [0.717, 1.165) is 5.92 Å². The van der Waals surface area contributed by atoms with Crippen LogP contribution in [0.25, 0.3) is 5.57 Å². The fourth-order valence-electron chi connectivity index (χ4n) is 2.70.